The first-order valence-electron chi connectivity index (χ1n) is 9.62. The molecule has 2 heterocycles. The summed E-state index contributed by atoms with van der Waals surface area (Å²) < 4.78 is 25.1. The molecule has 0 bridgehead atoms. The number of hydrogen-bond donors (Lipinski definition) is 2. The van der Waals surface area contributed by atoms with Crippen molar-refractivity contribution in [2.24, 2.45) is 0 Å². The molecule has 0 aliphatic carbocycles. The van der Waals surface area contributed by atoms with Gasteiger partial charge in [-0.3, -0.25) is 14.5 Å². The quantitative estimate of drug-likeness (QED) is 0.652. The Labute approximate surface area is 174 Å². The third-order valence-corrected chi connectivity index (χ3v) is 7.52. The van der Waals surface area contributed by atoms with Crippen molar-refractivity contribution in [3.8, 4) is 0 Å². The van der Waals surface area contributed by atoms with Gasteiger partial charge in [0, 0.05) is 29.0 Å². The Balaban J connectivity index is 1.48. The lowest BCUT2D eigenvalue weighted by molar-refractivity contribution is -0.121. The first kappa shape index (κ1) is 21.3. The fourth-order valence-electron chi connectivity index (χ4n) is 3.85. The molecular formula is C19H26BrN3O4S. The number of sulfone groups is 1. The molecular weight excluding hydrogens is 446 g/mol. The number of benzene rings is 1. The Kier molecular flexibility index (Phi) is 7.11. The van der Waals surface area contributed by atoms with E-state index < -0.39 is 9.84 Å². The first-order valence-corrected chi connectivity index (χ1v) is 12.2. The van der Waals surface area contributed by atoms with Crippen molar-refractivity contribution in [1.82, 2.24) is 15.5 Å². The SMILES string of the molecule is O=C(CCNC(=O)c1ccc(Br)cc1)NC1CS(=O)(=O)CC1N1CCCCC1. The molecule has 2 amide bonds. The van der Waals surface area contributed by atoms with Crippen LogP contribution in [0.3, 0.4) is 0 Å². The number of rotatable bonds is 6. The molecule has 0 aromatic heterocycles. The second-order valence-corrected chi connectivity index (χ2v) is 10.5. The number of carbonyl (C=O) groups is 2. The Morgan fingerprint density at radius 2 is 1.75 bits per heavy atom. The number of hydrogen-bond acceptors (Lipinski definition) is 5. The average molecular weight is 472 g/mol. The van der Waals surface area contributed by atoms with Crippen LogP contribution < -0.4 is 10.6 Å². The van der Waals surface area contributed by atoms with E-state index in [4.69, 9.17) is 0 Å². The van der Waals surface area contributed by atoms with Crippen LogP contribution in [-0.2, 0) is 14.6 Å². The van der Waals surface area contributed by atoms with Gasteiger partial charge in [0.15, 0.2) is 9.84 Å². The zero-order chi connectivity index (χ0) is 20.1. The second kappa shape index (κ2) is 9.37. The lowest BCUT2D eigenvalue weighted by Gasteiger charge is -2.35. The van der Waals surface area contributed by atoms with Crippen LogP contribution >= 0.6 is 15.9 Å². The van der Waals surface area contributed by atoms with Crippen molar-refractivity contribution in [2.45, 2.75) is 37.8 Å². The molecule has 1 aromatic rings. The second-order valence-electron chi connectivity index (χ2n) is 7.43. The monoisotopic (exact) mass is 471 g/mol. The van der Waals surface area contributed by atoms with Crippen LogP contribution in [0, 0.1) is 0 Å². The number of nitrogens with one attached hydrogen (secondary N) is 2. The summed E-state index contributed by atoms with van der Waals surface area (Å²) in [5, 5.41) is 5.61. The molecule has 2 unspecified atom stereocenters. The van der Waals surface area contributed by atoms with E-state index in [-0.39, 0.29) is 48.4 Å². The van der Waals surface area contributed by atoms with E-state index in [9.17, 15) is 18.0 Å². The lowest BCUT2D eigenvalue weighted by atomic mass is 10.0. The van der Waals surface area contributed by atoms with Gasteiger partial charge >= 0.3 is 0 Å². The molecule has 7 nitrogen and oxygen atoms in total. The highest BCUT2D eigenvalue weighted by molar-refractivity contribution is 9.10. The van der Waals surface area contributed by atoms with Gasteiger partial charge in [-0.05, 0) is 50.2 Å². The molecule has 2 saturated heterocycles. The number of piperidine rings is 1. The maximum atomic E-state index is 12.3. The van der Waals surface area contributed by atoms with Gasteiger partial charge < -0.3 is 10.6 Å². The van der Waals surface area contributed by atoms with Crippen molar-refractivity contribution >= 4 is 37.6 Å². The zero-order valence-electron chi connectivity index (χ0n) is 15.7. The van der Waals surface area contributed by atoms with Gasteiger partial charge in [-0.1, -0.05) is 22.4 Å². The van der Waals surface area contributed by atoms with Gasteiger partial charge in [-0.25, -0.2) is 8.42 Å². The summed E-state index contributed by atoms with van der Waals surface area (Å²) in [6.45, 7) is 1.97. The fraction of sp³-hybridized carbons (Fsp3) is 0.579. The molecule has 0 radical (unpaired) electrons. The first-order chi connectivity index (χ1) is 13.3. The molecule has 1 aromatic carbocycles. The van der Waals surface area contributed by atoms with Crippen molar-refractivity contribution in [3.63, 3.8) is 0 Å². The molecule has 2 atom stereocenters. The van der Waals surface area contributed by atoms with Crippen molar-refractivity contribution in [2.75, 3.05) is 31.1 Å². The summed E-state index contributed by atoms with van der Waals surface area (Å²) in [6, 6.07) is 6.44. The van der Waals surface area contributed by atoms with E-state index in [0.29, 0.717) is 5.56 Å². The minimum Gasteiger partial charge on any atom is -0.352 e. The molecule has 2 aliphatic rings. The predicted octanol–water partition coefficient (Wildman–Crippen LogP) is 1.34. The summed E-state index contributed by atoms with van der Waals surface area (Å²) in [5.74, 6) is -0.376. The van der Waals surface area contributed by atoms with Gasteiger partial charge in [-0.15, -0.1) is 0 Å². The summed E-state index contributed by atoms with van der Waals surface area (Å²) in [5.41, 5.74) is 0.524. The number of likely N-dealkylation sites (tertiary alicyclic amines) is 1. The standard InChI is InChI=1S/C19H26BrN3O4S/c20-15-6-4-14(5-7-15)19(25)21-9-8-18(24)22-16-12-28(26,27)13-17(16)23-10-2-1-3-11-23/h4-7,16-17H,1-3,8-13H2,(H,21,25)(H,22,24). The topological polar surface area (TPSA) is 95.6 Å². The van der Waals surface area contributed by atoms with Crippen LogP contribution in [-0.4, -0.2) is 68.4 Å². The molecule has 154 valence electrons. The molecule has 0 saturated carbocycles. The van der Waals surface area contributed by atoms with E-state index in [1.165, 1.54) is 6.42 Å². The maximum Gasteiger partial charge on any atom is 0.251 e. The normalized spacial score (nSPS) is 24.6. The van der Waals surface area contributed by atoms with Crippen LogP contribution in [0.1, 0.15) is 36.0 Å². The van der Waals surface area contributed by atoms with Crippen LogP contribution in [0.15, 0.2) is 28.7 Å². The van der Waals surface area contributed by atoms with Crippen LogP contribution in [0.5, 0.6) is 0 Å². The molecule has 3 rings (SSSR count). The van der Waals surface area contributed by atoms with Crippen molar-refractivity contribution < 1.29 is 18.0 Å². The number of carbonyl (C=O) groups excluding carboxylic acids is 2. The highest BCUT2D eigenvalue weighted by atomic mass is 79.9. The summed E-state index contributed by atoms with van der Waals surface area (Å²) in [4.78, 5) is 26.6. The van der Waals surface area contributed by atoms with E-state index >= 15 is 0 Å². The third-order valence-electron chi connectivity index (χ3n) is 5.27. The van der Waals surface area contributed by atoms with E-state index in [2.05, 4.69) is 31.5 Å². The summed E-state index contributed by atoms with van der Waals surface area (Å²) >= 11 is 3.32. The molecule has 2 fully saturated rings. The van der Waals surface area contributed by atoms with Gasteiger partial charge in [0.2, 0.25) is 5.91 Å². The molecule has 2 N–H and O–H groups in total. The van der Waals surface area contributed by atoms with E-state index in [1.807, 2.05) is 0 Å². The highest BCUT2D eigenvalue weighted by Gasteiger charge is 2.41. The Morgan fingerprint density at radius 1 is 1.07 bits per heavy atom. The number of halogens is 1. The van der Waals surface area contributed by atoms with Crippen LogP contribution in [0.4, 0.5) is 0 Å². The summed E-state index contributed by atoms with van der Waals surface area (Å²) in [7, 11) is -3.14. The molecule has 2 aliphatic heterocycles. The fourth-order valence-corrected chi connectivity index (χ4v) is 6.07. The van der Waals surface area contributed by atoms with Gasteiger partial charge in [0.1, 0.15) is 0 Å². The van der Waals surface area contributed by atoms with E-state index in [0.717, 1.165) is 30.4 Å². The van der Waals surface area contributed by atoms with E-state index in [1.54, 1.807) is 24.3 Å². The van der Waals surface area contributed by atoms with Gasteiger partial charge in [0.05, 0.1) is 17.5 Å². The average Bonchev–Trinajstić information content (AvgIpc) is 2.97. The Hall–Kier alpha value is -1.45. The van der Waals surface area contributed by atoms with Gasteiger partial charge in [-0.2, -0.15) is 0 Å². The smallest absolute Gasteiger partial charge is 0.251 e. The molecule has 0 spiro atoms. The Morgan fingerprint density at radius 3 is 2.43 bits per heavy atom. The van der Waals surface area contributed by atoms with Gasteiger partial charge in [0.25, 0.3) is 5.91 Å². The highest BCUT2D eigenvalue weighted by Crippen LogP contribution is 2.22. The molecule has 28 heavy (non-hydrogen) atoms. The minimum atomic E-state index is -3.14. The zero-order valence-corrected chi connectivity index (χ0v) is 18.1. The summed E-state index contributed by atoms with van der Waals surface area (Å²) in [6.07, 6.45) is 3.43. The third kappa shape index (κ3) is 5.78. The molecule has 9 heteroatoms. The Bertz CT molecular complexity index is 807. The van der Waals surface area contributed by atoms with Crippen LogP contribution in [0.2, 0.25) is 0 Å². The lowest BCUT2D eigenvalue weighted by Crippen LogP contribution is -2.52. The van der Waals surface area contributed by atoms with Crippen LogP contribution in [0.25, 0.3) is 0 Å². The number of amides is 2. The maximum absolute atomic E-state index is 12.3. The largest absolute Gasteiger partial charge is 0.352 e. The van der Waals surface area contributed by atoms with Crippen molar-refractivity contribution in [3.05, 3.63) is 34.3 Å². The van der Waals surface area contributed by atoms with Crippen molar-refractivity contribution in [1.29, 1.82) is 0 Å². The minimum absolute atomic E-state index is 0.00877. The number of nitrogens with zero attached hydrogens (tertiary/aromatic N) is 1. The predicted molar refractivity (Wildman–Crippen MR) is 111 cm³/mol.